The standard InChI is InChI=1S/C35H27NO/c1-3-28(4-2)36(29-21-17-26(18-22-29)25-11-6-5-7-12-25)30-23-19-27(20-24-30)31-14-10-15-33-32-13-8-9-16-34(32)37-35(31)33/h3-24H,1H2,2H3/b28-4+. The van der Waals surface area contributed by atoms with Gasteiger partial charge in [-0.15, -0.1) is 0 Å². The van der Waals surface area contributed by atoms with Crippen LogP contribution in [-0.4, -0.2) is 0 Å². The lowest BCUT2D eigenvalue weighted by atomic mass is 10.0. The number of rotatable bonds is 6. The second kappa shape index (κ2) is 9.67. The maximum Gasteiger partial charge on any atom is 0.143 e. The fraction of sp³-hybridized carbons (Fsp3) is 0.0286. The Bertz CT molecular complexity index is 1720. The highest BCUT2D eigenvalue weighted by Gasteiger charge is 2.15. The largest absolute Gasteiger partial charge is 0.455 e. The highest BCUT2D eigenvalue weighted by molar-refractivity contribution is 6.09. The molecule has 0 aliphatic rings. The van der Waals surface area contributed by atoms with Crippen molar-refractivity contribution in [3.63, 3.8) is 0 Å². The minimum atomic E-state index is 0.912. The smallest absolute Gasteiger partial charge is 0.143 e. The summed E-state index contributed by atoms with van der Waals surface area (Å²) in [6, 6.07) is 42.3. The molecule has 1 aromatic heterocycles. The average Bonchev–Trinajstić information content (AvgIpc) is 3.36. The molecule has 0 aliphatic heterocycles. The first-order chi connectivity index (χ1) is 18.3. The monoisotopic (exact) mass is 477 g/mol. The van der Waals surface area contributed by atoms with Gasteiger partial charge in [-0.1, -0.05) is 104 Å². The number of nitrogens with zero attached hydrogens (tertiary/aromatic N) is 1. The van der Waals surface area contributed by atoms with Crippen molar-refractivity contribution < 1.29 is 4.42 Å². The third-order valence-corrected chi connectivity index (χ3v) is 6.84. The molecule has 6 aromatic rings. The molecule has 0 fully saturated rings. The van der Waals surface area contributed by atoms with Gasteiger partial charge in [0.15, 0.2) is 0 Å². The molecule has 2 nitrogen and oxygen atoms in total. The summed E-state index contributed by atoms with van der Waals surface area (Å²) in [5, 5.41) is 2.28. The molecule has 0 atom stereocenters. The summed E-state index contributed by atoms with van der Waals surface area (Å²) in [7, 11) is 0. The predicted octanol–water partition coefficient (Wildman–Crippen LogP) is 10.1. The zero-order chi connectivity index (χ0) is 25.2. The molecule has 1 heterocycles. The fourth-order valence-electron chi connectivity index (χ4n) is 4.98. The van der Waals surface area contributed by atoms with E-state index < -0.39 is 0 Å². The Balaban J connectivity index is 1.39. The Hall–Kier alpha value is -4.82. The van der Waals surface area contributed by atoms with Crippen LogP contribution in [0.5, 0.6) is 0 Å². The van der Waals surface area contributed by atoms with Crippen LogP contribution in [0, 0.1) is 0 Å². The van der Waals surface area contributed by atoms with Crippen LogP contribution in [0.25, 0.3) is 44.2 Å². The van der Waals surface area contributed by atoms with Gasteiger partial charge in [0.1, 0.15) is 11.2 Å². The molecule has 0 aliphatic carbocycles. The van der Waals surface area contributed by atoms with Gasteiger partial charge in [-0.2, -0.15) is 0 Å². The van der Waals surface area contributed by atoms with Crippen molar-refractivity contribution in [1.82, 2.24) is 0 Å². The summed E-state index contributed by atoms with van der Waals surface area (Å²) in [5.74, 6) is 0. The molecule has 6 rings (SSSR count). The molecule has 0 spiro atoms. The summed E-state index contributed by atoms with van der Waals surface area (Å²) in [6.45, 7) is 6.11. The van der Waals surface area contributed by atoms with E-state index in [1.54, 1.807) is 0 Å². The minimum Gasteiger partial charge on any atom is -0.455 e. The van der Waals surface area contributed by atoms with Crippen molar-refractivity contribution in [2.45, 2.75) is 6.92 Å². The maximum absolute atomic E-state index is 6.27. The second-order valence-corrected chi connectivity index (χ2v) is 8.99. The van der Waals surface area contributed by atoms with E-state index in [0.717, 1.165) is 50.1 Å². The lowest BCUT2D eigenvalue weighted by molar-refractivity contribution is 0.670. The lowest BCUT2D eigenvalue weighted by Crippen LogP contribution is -2.14. The van der Waals surface area contributed by atoms with E-state index in [4.69, 9.17) is 4.42 Å². The molecule has 5 aromatic carbocycles. The third kappa shape index (κ3) is 4.13. The van der Waals surface area contributed by atoms with E-state index in [2.05, 4.69) is 121 Å². The molecular weight excluding hydrogens is 450 g/mol. The first-order valence-corrected chi connectivity index (χ1v) is 12.5. The highest BCUT2D eigenvalue weighted by Crippen LogP contribution is 2.38. The molecule has 0 saturated carbocycles. The first-order valence-electron chi connectivity index (χ1n) is 12.5. The van der Waals surface area contributed by atoms with Crippen molar-refractivity contribution in [3.8, 4) is 22.3 Å². The van der Waals surface area contributed by atoms with Crippen LogP contribution in [0.2, 0.25) is 0 Å². The number of anilines is 2. The lowest BCUT2D eigenvalue weighted by Gasteiger charge is -2.26. The van der Waals surface area contributed by atoms with E-state index >= 15 is 0 Å². The molecule has 2 heteroatoms. The van der Waals surface area contributed by atoms with Gasteiger partial charge in [0, 0.05) is 33.4 Å². The molecule has 0 N–H and O–H groups in total. The van der Waals surface area contributed by atoms with Crippen LogP contribution >= 0.6 is 0 Å². The summed E-state index contributed by atoms with van der Waals surface area (Å²) in [4.78, 5) is 2.23. The first kappa shape index (κ1) is 22.6. The van der Waals surface area contributed by atoms with Gasteiger partial charge in [-0.3, -0.25) is 0 Å². The van der Waals surface area contributed by atoms with E-state index in [-0.39, 0.29) is 0 Å². The molecule has 0 bridgehead atoms. The SMILES string of the molecule is C=C/C(=C\C)N(c1ccc(-c2ccccc2)cc1)c1ccc(-c2cccc3c2oc2ccccc23)cc1. The molecule has 178 valence electrons. The van der Waals surface area contributed by atoms with Crippen LogP contribution in [0.3, 0.4) is 0 Å². The highest BCUT2D eigenvalue weighted by atomic mass is 16.3. The molecule has 0 amide bonds. The predicted molar refractivity (Wildman–Crippen MR) is 157 cm³/mol. The summed E-state index contributed by atoms with van der Waals surface area (Å²) in [6.07, 6.45) is 3.98. The van der Waals surface area contributed by atoms with Crippen LogP contribution in [0.1, 0.15) is 6.92 Å². The number of allylic oxidation sites excluding steroid dienone is 2. The minimum absolute atomic E-state index is 0.912. The number of para-hydroxylation sites is 2. The van der Waals surface area contributed by atoms with Crippen LogP contribution in [0.4, 0.5) is 11.4 Å². The fourth-order valence-corrected chi connectivity index (χ4v) is 4.98. The molecular formula is C35H27NO. The Labute approximate surface area is 217 Å². The average molecular weight is 478 g/mol. The number of hydrogen-bond donors (Lipinski definition) is 0. The Kier molecular flexibility index (Phi) is 5.92. The van der Waals surface area contributed by atoms with Crippen molar-refractivity contribution in [2.24, 2.45) is 0 Å². The van der Waals surface area contributed by atoms with Gasteiger partial charge < -0.3 is 9.32 Å². The van der Waals surface area contributed by atoms with Gasteiger partial charge in [0.2, 0.25) is 0 Å². The maximum atomic E-state index is 6.27. The number of hydrogen-bond acceptors (Lipinski definition) is 2. The van der Waals surface area contributed by atoms with Crippen molar-refractivity contribution >= 4 is 33.3 Å². The quantitative estimate of drug-likeness (QED) is 0.222. The van der Waals surface area contributed by atoms with E-state index in [9.17, 15) is 0 Å². The van der Waals surface area contributed by atoms with Crippen LogP contribution in [-0.2, 0) is 0 Å². The zero-order valence-electron chi connectivity index (χ0n) is 20.8. The van der Waals surface area contributed by atoms with Crippen LogP contribution in [0.15, 0.2) is 150 Å². The van der Waals surface area contributed by atoms with Gasteiger partial charge in [-0.05, 0) is 60.0 Å². The van der Waals surface area contributed by atoms with E-state index in [1.165, 1.54) is 11.1 Å². The third-order valence-electron chi connectivity index (χ3n) is 6.84. The number of furan rings is 1. The van der Waals surface area contributed by atoms with Crippen molar-refractivity contribution in [3.05, 3.63) is 146 Å². The number of fused-ring (bicyclic) bond motifs is 3. The summed E-state index contributed by atoms with van der Waals surface area (Å²) < 4.78 is 6.27. The molecule has 0 radical (unpaired) electrons. The van der Waals surface area contributed by atoms with E-state index in [0.29, 0.717) is 0 Å². The van der Waals surface area contributed by atoms with Gasteiger partial charge in [0.25, 0.3) is 0 Å². The molecule has 0 saturated heterocycles. The van der Waals surface area contributed by atoms with Crippen molar-refractivity contribution in [1.29, 1.82) is 0 Å². The Morgan fingerprint density at radius 2 is 1.22 bits per heavy atom. The Morgan fingerprint density at radius 1 is 0.622 bits per heavy atom. The molecule has 0 unspecified atom stereocenters. The summed E-state index contributed by atoms with van der Waals surface area (Å²) >= 11 is 0. The van der Waals surface area contributed by atoms with Crippen LogP contribution < -0.4 is 4.90 Å². The summed E-state index contributed by atoms with van der Waals surface area (Å²) in [5.41, 5.74) is 9.63. The van der Waals surface area contributed by atoms with E-state index in [1.807, 2.05) is 31.2 Å². The van der Waals surface area contributed by atoms with Gasteiger partial charge in [0.05, 0.1) is 0 Å². The topological polar surface area (TPSA) is 16.4 Å². The Morgan fingerprint density at radius 3 is 1.89 bits per heavy atom. The van der Waals surface area contributed by atoms with Gasteiger partial charge in [-0.25, -0.2) is 0 Å². The van der Waals surface area contributed by atoms with Crippen molar-refractivity contribution in [2.75, 3.05) is 4.90 Å². The zero-order valence-corrected chi connectivity index (χ0v) is 20.8. The molecule has 37 heavy (non-hydrogen) atoms. The normalized spacial score (nSPS) is 11.6. The number of benzene rings is 5. The second-order valence-electron chi connectivity index (χ2n) is 8.99. The van der Waals surface area contributed by atoms with Gasteiger partial charge >= 0.3 is 0 Å².